The largest absolute Gasteiger partial charge is 0.497 e. The topological polar surface area (TPSA) is 84.9 Å². The zero-order valence-electron chi connectivity index (χ0n) is 22.0. The number of methoxy groups -OCH3 is 1. The molecule has 3 fully saturated rings. The lowest BCUT2D eigenvalue weighted by molar-refractivity contribution is -0.142. The molecule has 0 aromatic heterocycles. The van der Waals surface area contributed by atoms with Crippen molar-refractivity contribution >= 4 is 29.2 Å². The molecule has 204 valence electrons. The second-order valence-electron chi connectivity index (χ2n) is 11.1. The highest BCUT2D eigenvalue weighted by atomic mass is 35.5. The predicted molar refractivity (Wildman–Crippen MR) is 146 cm³/mol. The summed E-state index contributed by atoms with van der Waals surface area (Å²) in [6.45, 7) is 0.165. The van der Waals surface area contributed by atoms with E-state index in [4.69, 9.17) is 21.1 Å². The SMILES string of the molecule is COc1cccc(CC(=O)C2C3C=CC4(O3)C2C(=O)N(Cc2ccccc2Cl)C4C(=O)NC2CCCCC2)c1. The van der Waals surface area contributed by atoms with Crippen molar-refractivity contribution in [2.24, 2.45) is 11.8 Å². The van der Waals surface area contributed by atoms with Crippen molar-refractivity contribution in [2.45, 2.75) is 68.9 Å². The van der Waals surface area contributed by atoms with Crippen molar-refractivity contribution < 1.29 is 23.9 Å². The lowest BCUT2D eigenvalue weighted by Gasteiger charge is -2.34. The van der Waals surface area contributed by atoms with Gasteiger partial charge in [0.2, 0.25) is 11.8 Å². The van der Waals surface area contributed by atoms with Gasteiger partial charge in [0.15, 0.2) is 0 Å². The monoisotopic (exact) mass is 548 g/mol. The van der Waals surface area contributed by atoms with E-state index < -0.39 is 29.6 Å². The zero-order valence-corrected chi connectivity index (χ0v) is 22.7. The van der Waals surface area contributed by atoms with Crippen LogP contribution >= 0.6 is 11.6 Å². The van der Waals surface area contributed by atoms with Crippen molar-refractivity contribution in [3.8, 4) is 5.75 Å². The van der Waals surface area contributed by atoms with E-state index in [-0.39, 0.29) is 36.6 Å². The molecule has 2 bridgehead atoms. The number of ether oxygens (including phenoxy) is 2. The van der Waals surface area contributed by atoms with Gasteiger partial charge < -0.3 is 19.7 Å². The van der Waals surface area contributed by atoms with Crippen LogP contribution in [0, 0.1) is 11.8 Å². The van der Waals surface area contributed by atoms with E-state index in [1.54, 1.807) is 18.1 Å². The molecule has 7 nitrogen and oxygen atoms in total. The minimum atomic E-state index is -1.18. The molecule has 2 saturated heterocycles. The van der Waals surface area contributed by atoms with Crippen LogP contribution < -0.4 is 10.1 Å². The maximum atomic E-state index is 14.2. The van der Waals surface area contributed by atoms with E-state index in [0.717, 1.165) is 36.8 Å². The summed E-state index contributed by atoms with van der Waals surface area (Å²) >= 11 is 6.48. The molecule has 3 heterocycles. The molecule has 1 aliphatic carbocycles. The van der Waals surface area contributed by atoms with Gasteiger partial charge in [0.05, 0.1) is 25.0 Å². The number of Topliss-reactive ketones (excluding diaryl/α,β-unsaturated/α-hetero) is 1. The van der Waals surface area contributed by atoms with Crippen LogP contribution in [-0.2, 0) is 32.1 Å². The second kappa shape index (κ2) is 10.4. The summed E-state index contributed by atoms with van der Waals surface area (Å²) in [5.41, 5.74) is 0.374. The number of carbonyl (C=O) groups is 3. The predicted octanol–water partition coefficient (Wildman–Crippen LogP) is 4.26. The Hall–Kier alpha value is -3.16. The molecule has 2 aromatic carbocycles. The fourth-order valence-electron chi connectivity index (χ4n) is 6.94. The molecule has 2 aromatic rings. The average Bonchev–Trinajstić information content (AvgIpc) is 3.58. The number of ketones is 1. The molecule has 4 aliphatic rings. The zero-order chi connectivity index (χ0) is 27.1. The van der Waals surface area contributed by atoms with Crippen LogP contribution in [0.2, 0.25) is 5.02 Å². The number of rotatable bonds is 8. The minimum absolute atomic E-state index is 0.0760. The first kappa shape index (κ1) is 26.1. The number of benzene rings is 2. The number of nitrogens with one attached hydrogen (secondary N) is 1. The molecule has 0 radical (unpaired) electrons. The third-order valence-electron chi connectivity index (χ3n) is 8.76. The van der Waals surface area contributed by atoms with Crippen LogP contribution in [0.15, 0.2) is 60.7 Å². The molecule has 1 N–H and O–H groups in total. The second-order valence-corrected chi connectivity index (χ2v) is 11.5. The summed E-state index contributed by atoms with van der Waals surface area (Å²) in [6.07, 6.45) is 8.50. The third kappa shape index (κ3) is 4.55. The summed E-state index contributed by atoms with van der Waals surface area (Å²) in [4.78, 5) is 43.5. The highest BCUT2D eigenvalue weighted by Gasteiger charge is 2.72. The summed E-state index contributed by atoms with van der Waals surface area (Å²) < 4.78 is 11.8. The standard InChI is InChI=1S/C31H33ClN2O5/c1-38-22-12-7-8-19(16-22)17-24(35)26-25-14-15-31(39-25)27(26)30(37)34(18-20-9-5-6-13-23(20)32)28(31)29(36)33-21-10-3-2-4-11-21/h5-9,12-16,21,25-28H,2-4,10-11,17-18H2,1H3,(H,33,36). The minimum Gasteiger partial charge on any atom is -0.497 e. The van der Waals surface area contributed by atoms with Gasteiger partial charge in [-0.05, 0) is 42.2 Å². The van der Waals surface area contributed by atoms with Crippen molar-refractivity contribution in [3.05, 3.63) is 76.8 Å². The van der Waals surface area contributed by atoms with Gasteiger partial charge in [0, 0.05) is 24.0 Å². The Labute approximate surface area is 233 Å². The number of hydrogen-bond donors (Lipinski definition) is 1. The maximum Gasteiger partial charge on any atom is 0.246 e. The summed E-state index contributed by atoms with van der Waals surface area (Å²) in [6, 6.07) is 13.9. The molecule has 8 heteroatoms. The van der Waals surface area contributed by atoms with Gasteiger partial charge in [-0.3, -0.25) is 14.4 Å². The van der Waals surface area contributed by atoms with Gasteiger partial charge in [0.25, 0.3) is 0 Å². The fourth-order valence-corrected chi connectivity index (χ4v) is 7.14. The number of halogens is 1. The Morgan fingerprint density at radius 3 is 2.69 bits per heavy atom. The first-order valence-electron chi connectivity index (χ1n) is 13.8. The molecule has 1 saturated carbocycles. The molecular weight excluding hydrogens is 516 g/mol. The highest BCUT2D eigenvalue weighted by molar-refractivity contribution is 6.31. The first-order chi connectivity index (χ1) is 18.9. The van der Waals surface area contributed by atoms with Crippen LogP contribution in [0.4, 0.5) is 0 Å². The van der Waals surface area contributed by atoms with Gasteiger partial charge in [-0.15, -0.1) is 0 Å². The van der Waals surface area contributed by atoms with Crippen molar-refractivity contribution in [1.82, 2.24) is 10.2 Å². The quantitative estimate of drug-likeness (QED) is 0.498. The highest BCUT2D eigenvalue weighted by Crippen LogP contribution is 2.55. The molecule has 5 atom stereocenters. The lowest BCUT2D eigenvalue weighted by atomic mass is 9.72. The Morgan fingerprint density at radius 1 is 1.13 bits per heavy atom. The molecule has 2 amide bonds. The van der Waals surface area contributed by atoms with Crippen LogP contribution in [0.3, 0.4) is 0 Å². The number of nitrogens with zero attached hydrogens (tertiary/aromatic N) is 1. The normalized spacial score (nSPS) is 29.5. The van der Waals surface area contributed by atoms with E-state index in [9.17, 15) is 14.4 Å². The Bertz CT molecular complexity index is 1320. The number of hydrogen-bond acceptors (Lipinski definition) is 5. The molecular formula is C31H33ClN2O5. The van der Waals surface area contributed by atoms with Gasteiger partial charge in [-0.1, -0.05) is 73.3 Å². The van der Waals surface area contributed by atoms with E-state index in [1.165, 1.54) is 6.42 Å². The summed E-state index contributed by atoms with van der Waals surface area (Å²) in [5, 5.41) is 3.75. The summed E-state index contributed by atoms with van der Waals surface area (Å²) in [5.74, 6) is -1.32. The van der Waals surface area contributed by atoms with E-state index in [1.807, 2.05) is 54.6 Å². The maximum absolute atomic E-state index is 14.2. The van der Waals surface area contributed by atoms with Crippen LogP contribution in [0.5, 0.6) is 5.75 Å². The van der Waals surface area contributed by atoms with Crippen molar-refractivity contribution in [3.63, 3.8) is 0 Å². The van der Waals surface area contributed by atoms with Crippen molar-refractivity contribution in [1.29, 1.82) is 0 Å². The number of fused-ring (bicyclic) bond motifs is 1. The van der Waals surface area contributed by atoms with Crippen molar-refractivity contribution in [2.75, 3.05) is 7.11 Å². The van der Waals surface area contributed by atoms with E-state index in [2.05, 4.69) is 5.32 Å². The average molecular weight is 549 g/mol. The molecule has 5 unspecified atom stereocenters. The molecule has 3 aliphatic heterocycles. The Kier molecular flexibility index (Phi) is 6.98. The van der Waals surface area contributed by atoms with Gasteiger partial charge in [-0.2, -0.15) is 0 Å². The van der Waals surface area contributed by atoms with E-state index >= 15 is 0 Å². The lowest BCUT2D eigenvalue weighted by Crippen LogP contribution is -2.56. The number of amides is 2. The Morgan fingerprint density at radius 2 is 1.92 bits per heavy atom. The summed E-state index contributed by atoms with van der Waals surface area (Å²) in [7, 11) is 1.59. The molecule has 1 spiro atoms. The van der Waals surface area contributed by atoms with Gasteiger partial charge in [0.1, 0.15) is 23.2 Å². The van der Waals surface area contributed by atoms with Gasteiger partial charge in [-0.25, -0.2) is 0 Å². The number of carbonyl (C=O) groups excluding carboxylic acids is 3. The molecule has 6 rings (SSSR count). The van der Waals surface area contributed by atoms with Crippen LogP contribution in [0.1, 0.15) is 43.2 Å². The fraction of sp³-hybridized carbons (Fsp3) is 0.452. The first-order valence-corrected chi connectivity index (χ1v) is 14.2. The smallest absolute Gasteiger partial charge is 0.246 e. The number of likely N-dealkylation sites (tertiary alicyclic amines) is 1. The third-order valence-corrected chi connectivity index (χ3v) is 9.13. The van der Waals surface area contributed by atoms with Gasteiger partial charge >= 0.3 is 0 Å². The van der Waals surface area contributed by atoms with Crippen LogP contribution in [-0.4, -0.2) is 53.4 Å². The van der Waals surface area contributed by atoms with E-state index in [0.29, 0.717) is 10.8 Å². The van der Waals surface area contributed by atoms with Crippen LogP contribution in [0.25, 0.3) is 0 Å². The Balaban J connectivity index is 1.33. The molecule has 39 heavy (non-hydrogen) atoms.